The van der Waals surface area contributed by atoms with E-state index >= 15 is 0 Å². The van der Waals surface area contributed by atoms with Gasteiger partial charge in [0, 0.05) is 31.2 Å². The van der Waals surface area contributed by atoms with Crippen molar-refractivity contribution < 1.29 is 9.53 Å². The van der Waals surface area contributed by atoms with Crippen LogP contribution in [0, 0.1) is 12.8 Å². The first-order chi connectivity index (χ1) is 10.6. The molecule has 0 aromatic heterocycles. The lowest BCUT2D eigenvalue weighted by atomic mass is 10.1. The zero-order valence-electron chi connectivity index (χ0n) is 13.6. The molecule has 0 spiro atoms. The molecule has 1 aliphatic carbocycles. The molecule has 22 heavy (non-hydrogen) atoms. The predicted octanol–water partition coefficient (Wildman–Crippen LogP) is 2.15. The molecular formula is C18H26N2O2. The van der Waals surface area contributed by atoms with E-state index in [-0.39, 0.29) is 5.91 Å². The number of methoxy groups -OCH3 is 1. The number of likely N-dealkylation sites (tertiary alicyclic amines) is 1. The Morgan fingerprint density at radius 3 is 2.91 bits per heavy atom. The molecule has 2 aliphatic rings. The number of nitrogens with one attached hydrogen (secondary N) is 1. The first kappa shape index (κ1) is 15.3. The van der Waals surface area contributed by atoms with Crippen LogP contribution in [0.2, 0.25) is 0 Å². The van der Waals surface area contributed by atoms with Gasteiger partial charge in [-0.2, -0.15) is 0 Å². The second-order valence-corrected chi connectivity index (χ2v) is 6.75. The minimum absolute atomic E-state index is 0.0992. The summed E-state index contributed by atoms with van der Waals surface area (Å²) in [5, 5.41) is 3.19. The quantitative estimate of drug-likeness (QED) is 0.875. The van der Waals surface area contributed by atoms with Crippen LogP contribution in [-0.2, 0) is 11.2 Å². The average molecular weight is 302 g/mol. The third kappa shape index (κ3) is 4.01. The highest BCUT2D eigenvalue weighted by Crippen LogP contribution is 2.30. The highest BCUT2D eigenvalue weighted by molar-refractivity contribution is 5.79. The minimum Gasteiger partial charge on any atom is -0.496 e. The van der Waals surface area contributed by atoms with Gasteiger partial charge in [-0.05, 0) is 38.2 Å². The zero-order valence-corrected chi connectivity index (χ0v) is 13.6. The van der Waals surface area contributed by atoms with Gasteiger partial charge in [-0.3, -0.25) is 4.79 Å². The van der Waals surface area contributed by atoms with Crippen molar-refractivity contribution in [2.24, 2.45) is 5.92 Å². The Balaban J connectivity index is 1.51. The Morgan fingerprint density at radius 2 is 2.18 bits per heavy atom. The molecule has 1 heterocycles. The number of benzene rings is 1. The van der Waals surface area contributed by atoms with Crippen LogP contribution in [0.15, 0.2) is 18.2 Å². The number of rotatable bonds is 6. The third-order valence-corrected chi connectivity index (χ3v) is 4.64. The number of hydrogen-bond acceptors (Lipinski definition) is 3. The van der Waals surface area contributed by atoms with Crippen molar-refractivity contribution in [3.8, 4) is 5.75 Å². The molecule has 0 bridgehead atoms. The Morgan fingerprint density at radius 1 is 1.36 bits per heavy atom. The van der Waals surface area contributed by atoms with Gasteiger partial charge < -0.3 is 15.0 Å². The fraction of sp³-hybridized carbons (Fsp3) is 0.611. The lowest BCUT2D eigenvalue weighted by molar-refractivity contribution is -0.121. The lowest BCUT2D eigenvalue weighted by Crippen LogP contribution is -2.38. The van der Waals surface area contributed by atoms with Crippen LogP contribution in [0.4, 0.5) is 0 Å². The molecule has 2 fully saturated rings. The molecule has 1 amide bonds. The van der Waals surface area contributed by atoms with E-state index in [2.05, 4.69) is 10.2 Å². The Bertz CT molecular complexity index is 540. The lowest BCUT2D eigenvalue weighted by Gasteiger charge is -2.16. The predicted molar refractivity (Wildman–Crippen MR) is 87.1 cm³/mol. The molecule has 1 aromatic rings. The Labute approximate surface area is 132 Å². The summed E-state index contributed by atoms with van der Waals surface area (Å²) < 4.78 is 5.35. The van der Waals surface area contributed by atoms with Crippen molar-refractivity contribution in [2.45, 2.75) is 38.6 Å². The molecular weight excluding hydrogens is 276 g/mol. The van der Waals surface area contributed by atoms with Gasteiger partial charge in [0.25, 0.3) is 0 Å². The Hall–Kier alpha value is -1.55. The number of carbonyl (C=O) groups is 1. The smallest absolute Gasteiger partial charge is 0.224 e. The molecule has 1 N–H and O–H groups in total. The van der Waals surface area contributed by atoms with Crippen molar-refractivity contribution in [3.63, 3.8) is 0 Å². The Kier molecular flexibility index (Phi) is 4.67. The summed E-state index contributed by atoms with van der Waals surface area (Å²) >= 11 is 0. The molecule has 1 aliphatic heterocycles. The van der Waals surface area contributed by atoms with E-state index in [4.69, 9.17) is 4.74 Å². The molecule has 4 nitrogen and oxygen atoms in total. The molecule has 4 heteroatoms. The maximum atomic E-state index is 12.3. The number of ether oxygens (including phenoxy) is 1. The van der Waals surface area contributed by atoms with Gasteiger partial charge in [0.1, 0.15) is 5.75 Å². The molecule has 120 valence electrons. The maximum Gasteiger partial charge on any atom is 0.224 e. The normalized spacial score (nSPS) is 21.8. The zero-order chi connectivity index (χ0) is 15.5. The number of carbonyl (C=O) groups excluding carboxylic acids is 1. The molecule has 1 saturated heterocycles. The summed E-state index contributed by atoms with van der Waals surface area (Å²) in [7, 11) is 1.65. The van der Waals surface area contributed by atoms with Crippen LogP contribution >= 0.6 is 0 Å². The van der Waals surface area contributed by atoms with Gasteiger partial charge in [0.05, 0.1) is 13.5 Å². The van der Waals surface area contributed by atoms with Gasteiger partial charge in [-0.1, -0.05) is 17.7 Å². The van der Waals surface area contributed by atoms with Crippen LogP contribution in [-0.4, -0.2) is 43.6 Å². The van der Waals surface area contributed by atoms with Crippen LogP contribution in [0.3, 0.4) is 0 Å². The van der Waals surface area contributed by atoms with Crippen molar-refractivity contribution in [3.05, 3.63) is 29.3 Å². The van der Waals surface area contributed by atoms with E-state index in [0.29, 0.717) is 12.5 Å². The highest BCUT2D eigenvalue weighted by Gasteiger charge is 2.29. The topological polar surface area (TPSA) is 41.6 Å². The van der Waals surface area contributed by atoms with Crippen LogP contribution in [0.25, 0.3) is 0 Å². The fourth-order valence-corrected chi connectivity index (χ4v) is 3.28. The van der Waals surface area contributed by atoms with Gasteiger partial charge in [0.15, 0.2) is 0 Å². The molecule has 0 radical (unpaired) electrons. The van der Waals surface area contributed by atoms with Gasteiger partial charge >= 0.3 is 0 Å². The van der Waals surface area contributed by atoms with E-state index in [0.717, 1.165) is 42.3 Å². The third-order valence-electron chi connectivity index (χ3n) is 4.64. The second-order valence-electron chi connectivity index (χ2n) is 6.75. The fourth-order valence-electron chi connectivity index (χ4n) is 3.28. The van der Waals surface area contributed by atoms with E-state index in [9.17, 15) is 4.79 Å². The van der Waals surface area contributed by atoms with Crippen LogP contribution in [0.1, 0.15) is 30.4 Å². The molecule has 1 atom stereocenters. The average Bonchev–Trinajstić information content (AvgIpc) is 3.18. The summed E-state index contributed by atoms with van der Waals surface area (Å²) in [6.07, 6.45) is 4.24. The van der Waals surface area contributed by atoms with Crippen molar-refractivity contribution in [2.75, 3.05) is 26.7 Å². The maximum absolute atomic E-state index is 12.3. The monoisotopic (exact) mass is 302 g/mol. The van der Waals surface area contributed by atoms with E-state index in [1.54, 1.807) is 7.11 Å². The first-order valence-corrected chi connectivity index (χ1v) is 8.29. The molecule has 1 unspecified atom stereocenters. The number of hydrogen-bond donors (Lipinski definition) is 1. The van der Waals surface area contributed by atoms with E-state index in [1.165, 1.54) is 19.4 Å². The second kappa shape index (κ2) is 6.69. The SMILES string of the molecule is COc1ccc(C)cc1CC(=O)NC1CCN(CC2CC2)C1. The van der Waals surface area contributed by atoms with Gasteiger partial charge in [-0.15, -0.1) is 0 Å². The molecule has 1 saturated carbocycles. The van der Waals surface area contributed by atoms with Crippen molar-refractivity contribution >= 4 is 5.91 Å². The summed E-state index contributed by atoms with van der Waals surface area (Å²) in [5.74, 6) is 1.82. The number of aryl methyl sites for hydroxylation is 1. The van der Waals surface area contributed by atoms with Crippen LogP contribution in [0.5, 0.6) is 5.75 Å². The molecule has 1 aromatic carbocycles. The van der Waals surface area contributed by atoms with E-state index in [1.807, 2.05) is 25.1 Å². The van der Waals surface area contributed by atoms with Crippen molar-refractivity contribution in [1.29, 1.82) is 0 Å². The largest absolute Gasteiger partial charge is 0.496 e. The summed E-state index contributed by atoms with van der Waals surface area (Å²) in [4.78, 5) is 14.8. The summed E-state index contributed by atoms with van der Waals surface area (Å²) in [5.41, 5.74) is 2.12. The first-order valence-electron chi connectivity index (χ1n) is 8.29. The number of nitrogens with zero attached hydrogens (tertiary/aromatic N) is 1. The van der Waals surface area contributed by atoms with Gasteiger partial charge in [-0.25, -0.2) is 0 Å². The standard InChI is InChI=1S/C18H26N2O2/c1-13-3-6-17(22-2)15(9-13)10-18(21)19-16-7-8-20(12-16)11-14-4-5-14/h3,6,9,14,16H,4-5,7-8,10-12H2,1-2H3,(H,19,21). The summed E-state index contributed by atoms with van der Waals surface area (Å²) in [6.45, 7) is 5.38. The number of amides is 1. The summed E-state index contributed by atoms with van der Waals surface area (Å²) in [6, 6.07) is 6.28. The van der Waals surface area contributed by atoms with Gasteiger partial charge in [0.2, 0.25) is 5.91 Å². The van der Waals surface area contributed by atoms with E-state index < -0.39 is 0 Å². The molecule has 3 rings (SSSR count). The van der Waals surface area contributed by atoms with Crippen molar-refractivity contribution in [1.82, 2.24) is 10.2 Å². The minimum atomic E-state index is 0.0992. The van der Waals surface area contributed by atoms with Crippen LogP contribution < -0.4 is 10.1 Å². The highest BCUT2D eigenvalue weighted by atomic mass is 16.5.